The van der Waals surface area contributed by atoms with Gasteiger partial charge in [0.05, 0.1) is 5.56 Å². The van der Waals surface area contributed by atoms with Crippen LogP contribution in [0.3, 0.4) is 0 Å². The Kier molecular flexibility index (Phi) is 4.40. The molecular formula is C13H20N3O2P. The van der Waals surface area contributed by atoms with Crippen LogP contribution in [0.4, 0.5) is 0 Å². The monoisotopic (exact) mass is 281 g/mol. The third kappa shape index (κ3) is 3.06. The minimum atomic E-state index is -1.06. The largest absolute Gasteiger partial charge is 0.440 e. The molecule has 0 spiro atoms. The second kappa shape index (κ2) is 5.87. The summed E-state index contributed by atoms with van der Waals surface area (Å²) in [6, 6.07) is 7.41. The lowest BCUT2D eigenvalue weighted by Crippen LogP contribution is -2.36. The lowest BCUT2D eigenvalue weighted by molar-refractivity contribution is 0.0859. The third-order valence-corrected chi connectivity index (χ3v) is 4.85. The fourth-order valence-corrected chi connectivity index (χ4v) is 3.43. The first kappa shape index (κ1) is 14.3. The van der Waals surface area contributed by atoms with Crippen molar-refractivity contribution in [3.05, 3.63) is 29.8 Å². The minimum Gasteiger partial charge on any atom is -0.440 e. The molecule has 0 saturated carbocycles. The van der Waals surface area contributed by atoms with E-state index in [-0.39, 0.29) is 5.91 Å². The van der Waals surface area contributed by atoms with E-state index in [9.17, 15) is 4.79 Å². The molecule has 2 rings (SSSR count). The minimum absolute atomic E-state index is 0.0321. The van der Waals surface area contributed by atoms with Gasteiger partial charge in [-0.15, -0.1) is 0 Å². The normalized spacial score (nSPS) is 18.7. The highest BCUT2D eigenvalue weighted by Gasteiger charge is 2.34. The highest BCUT2D eigenvalue weighted by molar-refractivity contribution is 7.48. The van der Waals surface area contributed by atoms with Crippen molar-refractivity contribution >= 4 is 14.4 Å². The predicted molar refractivity (Wildman–Crippen MR) is 77.3 cm³/mol. The average molecular weight is 281 g/mol. The molecule has 0 aromatic heterocycles. The highest BCUT2D eigenvalue weighted by atomic mass is 31.2. The van der Waals surface area contributed by atoms with Gasteiger partial charge in [-0.3, -0.25) is 9.46 Å². The molecule has 6 heteroatoms. The molecule has 104 valence electrons. The number of likely N-dealkylation sites (N-methyl/N-ethyl adjacent to an activating group) is 2. The fourth-order valence-electron chi connectivity index (χ4n) is 1.85. The van der Waals surface area contributed by atoms with Crippen LogP contribution in [0.15, 0.2) is 24.3 Å². The number of carbonyl (C=O) groups excluding carboxylic acids is 1. The van der Waals surface area contributed by atoms with Crippen molar-refractivity contribution in [2.24, 2.45) is 0 Å². The van der Waals surface area contributed by atoms with Crippen molar-refractivity contribution in [1.29, 1.82) is 0 Å². The Balaban J connectivity index is 2.14. The lowest BCUT2D eigenvalue weighted by atomic mass is 10.2. The Bertz CT molecular complexity index is 467. The van der Waals surface area contributed by atoms with Crippen molar-refractivity contribution in [1.82, 2.24) is 14.2 Å². The summed E-state index contributed by atoms with van der Waals surface area (Å²) < 4.78 is 9.79. The summed E-state index contributed by atoms with van der Waals surface area (Å²) in [5.74, 6) is 0.720. The van der Waals surface area contributed by atoms with E-state index >= 15 is 0 Å². The summed E-state index contributed by atoms with van der Waals surface area (Å²) in [7, 11) is 6.80. The molecule has 0 bridgehead atoms. The van der Waals surface area contributed by atoms with Crippen LogP contribution >= 0.6 is 8.45 Å². The van der Waals surface area contributed by atoms with Crippen molar-refractivity contribution < 1.29 is 9.32 Å². The zero-order valence-electron chi connectivity index (χ0n) is 11.8. The van der Waals surface area contributed by atoms with Gasteiger partial charge in [0.1, 0.15) is 5.75 Å². The molecule has 1 atom stereocenters. The van der Waals surface area contributed by atoms with Gasteiger partial charge in [0, 0.05) is 20.1 Å². The van der Waals surface area contributed by atoms with Gasteiger partial charge in [0.25, 0.3) is 14.4 Å². The lowest BCUT2D eigenvalue weighted by Gasteiger charge is -2.37. The number of carbonyl (C=O) groups is 1. The van der Waals surface area contributed by atoms with E-state index in [0.717, 1.165) is 13.1 Å². The SMILES string of the molecule is CN(C)CCN(C)P1Oc2ccccc2C(=O)N1C. The number of nitrogens with zero attached hydrogens (tertiary/aromatic N) is 3. The second-order valence-electron chi connectivity index (χ2n) is 4.85. The summed E-state index contributed by atoms with van der Waals surface area (Å²) in [4.78, 5) is 14.4. The molecule has 0 saturated heterocycles. The van der Waals surface area contributed by atoms with Crippen LogP contribution in [0.5, 0.6) is 5.75 Å². The Morgan fingerprint density at radius 3 is 2.58 bits per heavy atom. The van der Waals surface area contributed by atoms with Gasteiger partial charge < -0.3 is 9.42 Å². The van der Waals surface area contributed by atoms with Crippen LogP contribution in [-0.4, -0.2) is 61.4 Å². The number of fused-ring (bicyclic) bond motifs is 1. The third-order valence-electron chi connectivity index (χ3n) is 3.01. The zero-order valence-corrected chi connectivity index (χ0v) is 12.7. The van der Waals surface area contributed by atoms with E-state index in [1.165, 1.54) is 0 Å². The first-order valence-electron chi connectivity index (χ1n) is 6.21. The summed E-state index contributed by atoms with van der Waals surface area (Å²) in [5, 5.41) is 0. The Morgan fingerprint density at radius 2 is 1.89 bits per heavy atom. The van der Waals surface area contributed by atoms with E-state index in [1.54, 1.807) is 17.8 Å². The van der Waals surface area contributed by atoms with E-state index in [1.807, 2.05) is 39.3 Å². The molecule has 1 amide bonds. The molecule has 0 aliphatic carbocycles. The van der Waals surface area contributed by atoms with Gasteiger partial charge >= 0.3 is 0 Å². The highest BCUT2D eigenvalue weighted by Crippen LogP contribution is 2.49. The second-order valence-corrected chi connectivity index (χ2v) is 6.82. The van der Waals surface area contributed by atoms with Crippen LogP contribution in [0.25, 0.3) is 0 Å². The molecular weight excluding hydrogens is 261 g/mol. The van der Waals surface area contributed by atoms with Crippen molar-refractivity contribution in [2.75, 3.05) is 41.3 Å². The van der Waals surface area contributed by atoms with Gasteiger partial charge in [0.15, 0.2) is 0 Å². The molecule has 0 radical (unpaired) electrons. The van der Waals surface area contributed by atoms with Crippen molar-refractivity contribution in [3.63, 3.8) is 0 Å². The molecule has 1 aromatic carbocycles. The van der Waals surface area contributed by atoms with Crippen LogP contribution in [-0.2, 0) is 0 Å². The topological polar surface area (TPSA) is 36.0 Å². The average Bonchev–Trinajstić information content (AvgIpc) is 2.40. The number of amides is 1. The first-order valence-corrected chi connectivity index (χ1v) is 7.38. The number of benzene rings is 1. The molecule has 5 nitrogen and oxygen atoms in total. The zero-order chi connectivity index (χ0) is 14.0. The molecule has 0 N–H and O–H groups in total. The van der Waals surface area contributed by atoms with Crippen LogP contribution in [0.2, 0.25) is 0 Å². The maximum Gasteiger partial charge on any atom is 0.280 e. The fraction of sp³-hybridized carbons (Fsp3) is 0.462. The summed E-state index contributed by atoms with van der Waals surface area (Å²) in [5.41, 5.74) is 0.643. The summed E-state index contributed by atoms with van der Waals surface area (Å²) in [6.07, 6.45) is 0. The van der Waals surface area contributed by atoms with Crippen molar-refractivity contribution in [3.8, 4) is 5.75 Å². The molecule has 1 aliphatic heterocycles. The standard InChI is InChI=1S/C13H20N3O2P/c1-14(2)9-10-15(3)19-16(4)13(17)11-7-5-6-8-12(11)18-19/h5-8H,9-10H2,1-4H3. The number of hydrogen-bond donors (Lipinski definition) is 0. The van der Waals surface area contributed by atoms with Crippen molar-refractivity contribution in [2.45, 2.75) is 0 Å². The van der Waals surface area contributed by atoms with Gasteiger partial charge in [-0.25, -0.2) is 4.67 Å². The smallest absolute Gasteiger partial charge is 0.280 e. The summed E-state index contributed by atoms with van der Waals surface area (Å²) in [6.45, 7) is 1.79. The number of para-hydroxylation sites is 1. The number of rotatable bonds is 4. The van der Waals surface area contributed by atoms with Crippen LogP contribution in [0.1, 0.15) is 10.4 Å². The maximum atomic E-state index is 12.3. The molecule has 1 aliphatic rings. The number of hydrogen-bond acceptors (Lipinski definition) is 4. The molecule has 1 heterocycles. The Labute approximate surface area is 115 Å². The van der Waals surface area contributed by atoms with E-state index in [0.29, 0.717) is 11.3 Å². The van der Waals surface area contributed by atoms with E-state index in [2.05, 4.69) is 9.57 Å². The molecule has 0 fully saturated rings. The quantitative estimate of drug-likeness (QED) is 0.789. The van der Waals surface area contributed by atoms with Gasteiger partial charge in [-0.2, -0.15) is 0 Å². The molecule has 1 aromatic rings. The van der Waals surface area contributed by atoms with E-state index < -0.39 is 8.45 Å². The summed E-state index contributed by atoms with van der Waals surface area (Å²) >= 11 is 0. The van der Waals surface area contributed by atoms with Gasteiger partial charge in [-0.1, -0.05) is 12.1 Å². The predicted octanol–water partition coefficient (Wildman–Crippen LogP) is 1.87. The first-order chi connectivity index (χ1) is 9.00. The van der Waals surface area contributed by atoms with E-state index in [4.69, 9.17) is 4.52 Å². The Morgan fingerprint density at radius 1 is 1.21 bits per heavy atom. The van der Waals surface area contributed by atoms with Crippen LogP contribution in [0, 0.1) is 0 Å². The Hall–Kier alpha value is -1.16. The maximum absolute atomic E-state index is 12.3. The van der Waals surface area contributed by atoms with Gasteiger partial charge in [-0.05, 0) is 33.3 Å². The molecule has 19 heavy (non-hydrogen) atoms. The van der Waals surface area contributed by atoms with Gasteiger partial charge in [0.2, 0.25) is 0 Å². The van der Waals surface area contributed by atoms with Crippen LogP contribution < -0.4 is 4.52 Å². The molecule has 1 unspecified atom stereocenters.